The summed E-state index contributed by atoms with van der Waals surface area (Å²) in [4.78, 5) is 30.0. The zero-order valence-corrected chi connectivity index (χ0v) is 18.4. The topological polar surface area (TPSA) is 93.5 Å². The molecule has 5 rings (SSSR count). The molecule has 3 aromatic rings. The molecule has 2 aliphatic rings. The van der Waals surface area contributed by atoms with E-state index in [0.717, 1.165) is 32.1 Å². The van der Waals surface area contributed by atoms with E-state index < -0.39 is 17.8 Å². The fourth-order valence-corrected chi connectivity index (χ4v) is 4.60. The van der Waals surface area contributed by atoms with E-state index in [0.29, 0.717) is 29.2 Å². The minimum Gasteiger partial charge on any atom is -0.478 e. The van der Waals surface area contributed by atoms with Crippen molar-refractivity contribution in [2.45, 2.75) is 57.2 Å². The highest BCUT2D eigenvalue weighted by Crippen LogP contribution is 2.39. The van der Waals surface area contributed by atoms with Crippen LogP contribution in [0, 0.1) is 5.82 Å². The summed E-state index contributed by atoms with van der Waals surface area (Å²) in [5.74, 6) is -0.974. The molecule has 0 radical (unpaired) electrons. The van der Waals surface area contributed by atoms with Gasteiger partial charge in [0, 0.05) is 23.9 Å². The normalized spacial score (nSPS) is 19.4. The van der Waals surface area contributed by atoms with Crippen LogP contribution < -0.4 is 10.9 Å². The van der Waals surface area contributed by atoms with Crippen LogP contribution in [0.15, 0.2) is 41.2 Å². The minimum atomic E-state index is -1.06. The molecule has 0 amide bonds. The average Bonchev–Trinajstić information content (AvgIpc) is 3.65. The highest BCUT2D eigenvalue weighted by molar-refractivity contribution is 5.94. The van der Waals surface area contributed by atoms with Crippen LogP contribution in [0.3, 0.4) is 0 Å². The van der Waals surface area contributed by atoms with Crippen molar-refractivity contribution in [2.75, 3.05) is 11.9 Å². The highest BCUT2D eigenvalue weighted by atomic mass is 19.1. The number of ether oxygens (including phenoxy) is 1. The Morgan fingerprint density at radius 1 is 1.24 bits per heavy atom. The van der Waals surface area contributed by atoms with Crippen molar-refractivity contribution in [3.8, 4) is 0 Å². The van der Waals surface area contributed by atoms with Crippen LogP contribution in [0.25, 0.3) is 10.9 Å². The molecule has 1 aromatic heterocycles. The number of hydrogen-bond donors (Lipinski definition) is 2. The van der Waals surface area contributed by atoms with Crippen LogP contribution in [0.1, 0.15) is 79.0 Å². The molecule has 8 heteroatoms. The molecule has 0 unspecified atom stereocenters. The predicted octanol–water partition coefficient (Wildman–Crippen LogP) is 4.98. The second kappa shape index (κ2) is 8.59. The minimum absolute atomic E-state index is 0.0830. The van der Waals surface area contributed by atoms with Gasteiger partial charge in [-0.15, -0.1) is 0 Å². The lowest BCUT2D eigenvalue weighted by atomic mass is 10.0. The van der Waals surface area contributed by atoms with Gasteiger partial charge in [0.25, 0.3) is 5.56 Å². The Hall–Kier alpha value is -3.26. The fourth-order valence-electron chi connectivity index (χ4n) is 4.60. The van der Waals surface area contributed by atoms with Gasteiger partial charge in [0.2, 0.25) is 0 Å². The lowest BCUT2D eigenvalue weighted by Crippen LogP contribution is -2.29. The van der Waals surface area contributed by atoms with E-state index in [1.54, 1.807) is 29.7 Å². The molecule has 1 saturated carbocycles. The molecule has 1 aliphatic carbocycles. The first kappa shape index (κ1) is 21.6. The third-order valence-corrected chi connectivity index (χ3v) is 6.40. The van der Waals surface area contributed by atoms with Crippen LogP contribution in [0.2, 0.25) is 0 Å². The summed E-state index contributed by atoms with van der Waals surface area (Å²) < 4.78 is 22.3. The number of aromatic nitrogens is 2. The van der Waals surface area contributed by atoms with Crippen LogP contribution in [0.5, 0.6) is 0 Å². The van der Waals surface area contributed by atoms with E-state index in [9.17, 15) is 19.1 Å². The lowest BCUT2D eigenvalue weighted by Gasteiger charge is -2.26. The first-order valence-electron chi connectivity index (χ1n) is 11.4. The average molecular weight is 451 g/mol. The number of carboxylic acid groups (broad SMARTS) is 1. The van der Waals surface area contributed by atoms with Gasteiger partial charge in [-0.25, -0.2) is 14.2 Å². The van der Waals surface area contributed by atoms with Crippen molar-refractivity contribution >= 4 is 22.6 Å². The van der Waals surface area contributed by atoms with Gasteiger partial charge in [-0.1, -0.05) is 12.1 Å². The van der Waals surface area contributed by atoms with E-state index in [1.807, 2.05) is 0 Å². The van der Waals surface area contributed by atoms with Gasteiger partial charge in [-0.2, -0.15) is 0 Å². The third kappa shape index (κ3) is 4.11. The van der Waals surface area contributed by atoms with Crippen LogP contribution >= 0.6 is 0 Å². The van der Waals surface area contributed by atoms with E-state index in [2.05, 4.69) is 5.32 Å². The van der Waals surface area contributed by atoms with Gasteiger partial charge in [-0.05, 0) is 63.3 Å². The largest absolute Gasteiger partial charge is 0.478 e. The van der Waals surface area contributed by atoms with Gasteiger partial charge in [0.05, 0.1) is 22.5 Å². The molecule has 2 aromatic carbocycles. The van der Waals surface area contributed by atoms with Crippen LogP contribution in [-0.2, 0) is 4.74 Å². The molecular weight excluding hydrogens is 425 g/mol. The summed E-state index contributed by atoms with van der Waals surface area (Å²) in [7, 11) is 0. The number of carbonyl (C=O) groups is 1. The molecule has 1 aliphatic heterocycles. The number of nitrogens with zero attached hydrogens (tertiary/aromatic N) is 2. The van der Waals surface area contributed by atoms with Gasteiger partial charge < -0.3 is 15.2 Å². The molecule has 2 atom stereocenters. The number of para-hydroxylation sites is 1. The number of benzene rings is 2. The molecule has 2 fully saturated rings. The number of fused-ring (bicyclic) bond motifs is 1. The number of halogens is 1. The summed E-state index contributed by atoms with van der Waals surface area (Å²) >= 11 is 0. The predicted molar refractivity (Wildman–Crippen MR) is 122 cm³/mol. The highest BCUT2D eigenvalue weighted by Gasteiger charge is 2.33. The number of hydrogen-bond acceptors (Lipinski definition) is 5. The quantitative estimate of drug-likeness (QED) is 0.549. The lowest BCUT2D eigenvalue weighted by molar-refractivity contribution is 0.00660. The molecule has 172 valence electrons. The Bertz CT molecular complexity index is 1280. The summed E-state index contributed by atoms with van der Waals surface area (Å²) in [6, 6.07) is 8.75. The maximum atomic E-state index is 14.7. The van der Waals surface area contributed by atoms with E-state index in [4.69, 9.17) is 9.72 Å². The molecule has 0 bridgehead atoms. The zero-order valence-electron chi connectivity index (χ0n) is 18.4. The maximum absolute atomic E-state index is 14.7. The number of carboxylic acids is 1. The number of aromatic carboxylic acids is 1. The fraction of sp³-hybridized carbons (Fsp3) is 0.400. The second-order valence-corrected chi connectivity index (χ2v) is 8.84. The van der Waals surface area contributed by atoms with Gasteiger partial charge in [0.1, 0.15) is 17.7 Å². The Labute approximate surface area is 190 Å². The standard InChI is InChI=1S/C25H26FN3O4/c1-14(27-20-7-3-2-6-17(20)25(31)32)18-12-15(26)13-19-22(18)28-23(21-8-4-5-11-33-21)29(24(19)30)16-9-10-16/h2-3,6-7,12-14,16,21,27H,4-5,8-11H2,1H3,(H,31,32)/t14-,21-/m1/s1. The van der Waals surface area contributed by atoms with E-state index in [-0.39, 0.29) is 28.7 Å². The first-order chi connectivity index (χ1) is 15.9. The zero-order chi connectivity index (χ0) is 23.1. The first-order valence-corrected chi connectivity index (χ1v) is 11.4. The molecule has 0 spiro atoms. The maximum Gasteiger partial charge on any atom is 0.337 e. The molecular formula is C25H26FN3O4. The molecule has 7 nitrogen and oxygen atoms in total. The Morgan fingerprint density at radius 3 is 2.73 bits per heavy atom. The summed E-state index contributed by atoms with van der Waals surface area (Å²) in [6.45, 7) is 2.43. The SMILES string of the molecule is C[C@@H](Nc1ccccc1C(=O)O)c1cc(F)cc2c(=O)n(C3CC3)c([C@H]3CCCCO3)nc12. The van der Waals surface area contributed by atoms with Gasteiger partial charge >= 0.3 is 5.97 Å². The summed E-state index contributed by atoms with van der Waals surface area (Å²) in [6.07, 6.45) is 4.32. The molecule has 2 N–H and O–H groups in total. The number of rotatable bonds is 6. The van der Waals surface area contributed by atoms with Crippen LogP contribution in [-0.4, -0.2) is 27.2 Å². The van der Waals surface area contributed by atoms with Gasteiger partial charge in [-0.3, -0.25) is 9.36 Å². The van der Waals surface area contributed by atoms with Crippen molar-refractivity contribution in [2.24, 2.45) is 0 Å². The van der Waals surface area contributed by atoms with E-state index >= 15 is 0 Å². The van der Waals surface area contributed by atoms with Gasteiger partial charge in [0.15, 0.2) is 0 Å². The monoisotopic (exact) mass is 451 g/mol. The molecule has 33 heavy (non-hydrogen) atoms. The van der Waals surface area contributed by atoms with Crippen molar-refractivity contribution in [3.63, 3.8) is 0 Å². The van der Waals surface area contributed by atoms with Crippen molar-refractivity contribution in [1.82, 2.24) is 9.55 Å². The Balaban J connectivity index is 1.64. The number of nitrogens with one attached hydrogen (secondary N) is 1. The van der Waals surface area contributed by atoms with Crippen molar-refractivity contribution in [1.29, 1.82) is 0 Å². The van der Waals surface area contributed by atoms with Crippen molar-refractivity contribution < 1.29 is 19.0 Å². The Kier molecular flexibility index (Phi) is 5.62. The third-order valence-electron chi connectivity index (χ3n) is 6.40. The Morgan fingerprint density at radius 2 is 2.03 bits per heavy atom. The molecule has 2 heterocycles. The van der Waals surface area contributed by atoms with Crippen LogP contribution in [0.4, 0.5) is 10.1 Å². The van der Waals surface area contributed by atoms with E-state index in [1.165, 1.54) is 18.2 Å². The smallest absolute Gasteiger partial charge is 0.337 e. The number of anilines is 1. The summed E-state index contributed by atoms with van der Waals surface area (Å²) in [5.41, 5.74) is 1.21. The summed E-state index contributed by atoms with van der Waals surface area (Å²) in [5, 5.41) is 12.9. The second-order valence-electron chi connectivity index (χ2n) is 8.84. The molecule has 1 saturated heterocycles. The van der Waals surface area contributed by atoms with Crippen molar-refractivity contribution in [3.05, 3.63) is 69.5 Å².